The second-order valence-electron chi connectivity index (χ2n) is 3.54. The number of aromatic carboxylic acids is 1. The fourth-order valence-corrected chi connectivity index (χ4v) is 2.18. The lowest BCUT2D eigenvalue weighted by Gasteiger charge is -2.04. The van der Waals surface area contributed by atoms with Gasteiger partial charge in [0.2, 0.25) is 5.88 Å². The smallest absolute Gasteiger partial charge is 0.335 e. The Morgan fingerprint density at radius 2 is 2.21 bits per heavy atom. The summed E-state index contributed by atoms with van der Waals surface area (Å²) in [7, 11) is 0. The van der Waals surface area contributed by atoms with Gasteiger partial charge < -0.3 is 9.84 Å². The van der Waals surface area contributed by atoms with Crippen LogP contribution in [-0.4, -0.2) is 27.7 Å². The maximum atomic E-state index is 10.9. The molecule has 0 radical (unpaired) electrons. The minimum atomic E-state index is -0.972. The summed E-state index contributed by atoms with van der Waals surface area (Å²) in [6.45, 7) is 2.44. The van der Waals surface area contributed by atoms with Crippen molar-refractivity contribution in [1.29, 1.82) is 0 Å². The van der Waals surface area contributed by atoms with E-state index in [0.717, 1.165) is 0 Å². The van der Waals surface area contributed by atoms with Crippen LogP contribution in [0.4, 0.5) is 0 Å². The predicted molar refractivity (Wildman–Crippen MR) is 70.7 cm³/mol. The molecule has 0 atom stereocenters. The number of nitrogens with zero attached hydrogens (tertiary/aromatic N) is 2. The van der Waals surface area contributed by atoms with E-state index in [1.54, 1.807) is 6.07 Å². The second-order valence-corrected chi connectivity index (χ2v) is 4.58. The van der Waals surface area contributed by atoms with Gasteiger partial charge in [0.05, 0.1) is 12.2 Å². The summed E-state index contributed by atoms with van der Waals surface area (Å²) >= 11 is 1.29. The Balaban J connectivity index is 2.18. The van der Waals surface area contributed by atoms with Crippen molar-refractivity contribution in [1.82, 2.24) is 9.97 Å². The van der Waals surface area contributed by atoms with Crippen molar-refractivity contribution < 1.29 is 14.6 Å². The lowest BCUT2D eigenvalue weighted by molar-refractivity contribution is 0.0696. The first-order valence-corrected chi connectivity index (χ1v) is 6.47. The molecular weight excluding hydrogens is 264 g/mol. The lowest BCUT2D eigenvalue weighted by atomic mass is 10.3. The van der Waals surface area contributed by atoms with E-state index in [1.807, 2.05) is 19.1 Å². The van der Waals surface area contributed by atoms with E-state index in [2.05, 4.69) is 9.97 Å². The van der Waals surface area contributed by atoms with E-state index >= 15 is 0 Å². The standard InChI is InChI=1S/C13H12N2O3S/c1-2-18-10-4-3-5-11(15-10)19-12-8-9(13(16)17)6-7-14-12/h3-8H,2H2,1H3,(H,16,17). The second kappa shape index (κ2) is 6.19. The molecule has 98 valence electrons. The summed E-state index contributed by atoms with van der Waals surface area (Å²) in [6, 6.07) is 8.40. The van der Waals surface area contributed by atoms with Gasteiger partial charge in [-0.1, -0.05) is 6.07 Å². The molecule has 0 aliphatic carbocycles. The number of pyridine rings is 2. The molecule has 0 unspecified atom stereocenters. The van der Waals surface area contributed by atoms with Crippen molar-refractivity contribution >= 4 is 17.7 Å². The normalized spacial score (nSPS) is 10.2. The minimum absolute atomic E-state index is 0.207. The van der Waals surface area contributed by atoms with Crippen LogP contribution >= 0.6 is 11.8 Å². The monoisotopic (exact) mass is 276 g/mol. The molecule has 0 aromatic carbocycles. The first-order valence-electron chi connectivity index (χ1n) is 5.66. The average molecular weight is 276 g/mol. The summed E-state index contributed by atoms with van der Waals surface area (Å²) in [5.74, 6) is -0.429. The van der Waals surface area contributed by atoms with Gasteiger partial charge in [0.15, 0.2) is 0 Å². The van der Waals surface area contributed by atoms with Crippen molar-refractivity contribution in [3.05, 3.63) is 42.1 Å². The fraction of sp³-hybridized carbons (Fsp3) is 0.154. The van der Waals surface area contributed by atoms with Crippen LogP contribution in [0.15, 0.2) is 46.6 Å². The molecule has 19 heavy (non-hydrogen) atoms. The molecule has 2 rings (SSSR count). The number of hydrogen-bond acceptors (Lipinski definition) is 5. The summed E-state index contributed by atoms with van der Waals surface area (Å²) in [6.07, 6.45) is 1.47. The highest BCUT2D eigenvalue weighted by molar-refractivity contribution is 7.99. The molecular formula is C13H12N2O3S. The van der Waals surface area contributed by atoms with Gasteiger partial charge in [0.25, 0.3) is 0 Å². The summed E-state index contributed by atoms with van der Waals surface area (Å²) in [5, 5.41) is 10.2. The Hall–Kier alpha value is -2.08. The van der Waals surface area contributed by atoms with E-state index in [4.69, 9.17) is 9.84 Å². The van der Waals surface area contributed by atoms with Crippen LogP contribution in [0.3, 0.4) is 0 Å². The van der Waals surface area contributed by atoms with Gasteiger partial charge in [-0.25, -0.2) is 14.8 Å². The minimum Gasteiger partial charge on any atom is -0.478 e. The SMILES string of the molecule is CCOc1cccc(Sc2cc(C(=O)O)ccn2)n1. The molecule has 0 amide bonds. The lowest BCUT2D eigenvalue weighted by Crippen LogP contribution is -1.97. The van der Waals surface area contributed by atoms with Crippen LogP contribution in [-0.2, 0) is 0 Å². The molecule has 5 nitrogen and oxygen atoms in total. The van der Waals surface area contributed by atoms with Crippen molar-refractivity contribution in [2.75, 3.05) is 6.61 Å². The average Bonchev–Trinajstić information content (AvgIpc) is 2.40. The third-order valence-corrected chi connectivity index (χ3v) is 3.05. The molecule has 2 heterocycles. The highest BCUT2D eigenvalue weighted by Gasteiger charge is 2.07. The van der Waals surface area contributed by atoms with Crippen LogP contribution in [0, 0.1) is 0 Å². The number of carboxylic acid groups (broad SMARTS) is 1. The van der Waals surface area contributed by atoms with Gasteiger partial charge in [0, 0.05) is 12.3 Å². The molecule has 2 aromatic rings. The van der Waals surface area contributed by atoms with Crippen molar-refractivity contribution in [3.63, 3.8) is 0 Å². The Morgan fingerprint density at radius 1 is 1.37 bits per heavy atom. The van der Waals surface area contributed by atoms with E-state index in [9.17, 15) is 4.79 Å². The van der Waals surface area contributed by atoms with Crippen LogP contribution in [0.1, 0.15) is 17.3 Å². The fourth-order valence-electron chi connectivity index (χ4n) is 1.39. The molecule has 0 spiro atoms. The molecule has 0 bridgehead atoms. The zero-order valence-corrected chi connectivity index (χ0v) is 11.1. The molecule has 0 saturated carbocycles. The Morgan fingerprint density at radius 3 is 2.95 bits per heavy atom. The molecule has 2 aromatic heterocycles. The van der Waals surface area contributed by atoms with Gasteiger partial charge in [-0.05, 0) is 36.9 Å². The third-order valence-electron chi connectivity index (χ3n) is 2.18. The van der Waals surface area contributed by atoms with E-state index in [-0.39, 0.29) is 5.56 Å². The van der Waals surface area contributed by atoms with E-state index in [1.165, 1.54) is 30.1 Å². The van der Waals surface area contributed by atoms with Gasteiger partial charge in [-0.15, -0.1) is 0 Å². The predicted octanol–water partition coefficient (Wildman–Crippen LogP) is 2.72. The van der Waals surface area contributed by atoms with Crippen LogP contribution in [0.25, 0.3) is 0 Å². The number of carbonyl (C=O) groups is 1. The summed E-state index contributed by atoms with van der Waals surface area (Å²) < 4.78 is 5.31. The number of aromatic nitrogens is 2. The Kier molecular flexibility index (Phi) is 4.35. The highest BCUT2D eigenvalue weighted by atomic mass is 32.2. The first kappa shape index (κ1) is 13.4. The number of carboxylic acids is 1. The molecule has 6 heteroatoms. The highest BCUT2D eigenvalue weighted by Crippen LogP contribution is 2.26. The number of hydrogen-bond donors (Lipinski definition) is 1. The topological polar surface area (TPSA) is 72.3 Å². The van der Waals surface area contributed by atoms with Gasteiger partial charge in [-0.3, -0.25) is 0 Å². The molecule has 0 aliphatic rings. The van der Waals surface area contributed by atoms with E-state index in [0.29, 0.717) is 22.5 Å². The van der Waals surface area contributed by atoms with Gasteiger partial charge in [-0.2, -0.15) is 0 Å². The maximum Gasteiger partial charge on any atom is 0.335 e. The quantitative estimate of drug-likeness (QED) is 0.905. The first-order chi connectivity index (χ1) is 9.19. The van der Waals surface area contributed by atoms with Crippen molar-refractivity contribution in [3.8, 4) is 5.88 Å². The Labute approximate surface area is 114 Å². The zero-order chi connectivity index (χ0) is 13.7. The zero-order valence-electron chi connectivity index (χ0n) is 10.2. The van der Waals surface area contributed by atoms with Crippen molar-refractivity contribution in [2.24, 2.45) is 0 Å². The number of rotatable bonds is 5. The van der Waals surface area contributed by atoms with Gasteiger partial charge in [0.1, 0.15) is 10.1 Å². The number of ether oxygens (including phenoxy) is 1. The van der Waals surface area contributed by atoms with Crippen LogP contribution in [0.5, 0.6) is 5.88 Å². The molecule has 1 N–H and O–H groups in total. The molecule has 0 fully saturated rings. The van der Waals surface area contributed by atoms with Crippen LogP contribution < -0.4 is 4.74 Å². The summed E-state index contributed by atoms with van der Waals surface area (Å²) in [5.41, 5.74) is 0.207. The van der Waals surface area contributed by atoms with Gasteiger partial charge >= 0.3 is 5.97 Å². The van der Waals surface area contributed by atoms with E-state index < -0.39 is 5.97 Å². The van der Waals surface area contributed by atoms with Crippen LogP contribution in [0.2, 0.25) is 0 Å². The maximum absolute atomic E-state index is 10.9. The summed E-state index contributed by atoms with van der Waals surface area (Å²) in [4.78, 5) is 19.3. The van der Waals surface area contributed by atoms with Crippen molar-refractivity contribution in [2.45, 2.75) is 17.0 Å². The largest absolute Gasteiger partial charge is 0.478 e. The third kappa shape index (κ3) is 3.69. The Bertz CT molecular complexity index is 590. The molecule has 0 aliphatic heterocycles. The molecule has 0 saturated heterocycles.